The lowest BCUT2D eigenvalue weighted by Crippen LogP contribution is -1.60. The van der Waals surface area contributed by atoms with Gasteiger partial charge in [-0.25, -0.2) is 0 Å². The highest BCUT2D eigenvalue weighted by Crippen LogP contribution is 1.70. The lowest BCUT2D eigenvalue weighted by atomic mass is 11.0. The topological polar surface area (TPSA) is 0 Å². The van der Waals surface area contributed by atoms with Gasteiger partial charge in [-0.2, -0.15) is 0 Å². The monoisotopic (exact) mass is 150 g/mol. The van der Waals surface area contributed by atoms with Gasteiger partial charge in [-0.05, 0) is 0 Å². The van der Waals surface area contributed by atoms with Crippen LogP contribution >= 0.6 is 0 Å². The first-order valence-electron chi connectivity index (χ1n) is 3.33. The summed E-state index contributed by atoms with van der Waals surface area (Å²) in [7, 11) is 3.27. The Labute approximate surface area is 55.8 Å². The van der Waals surface area contributed by atoms with Gasteiger partial charge >= 0.3 is 0 Å². The smallest absolute Gasteiger partial charge is 0.0135 e. The summed E-state index contributed by atoms with van der Waals surface area (Å²) in [5.74, 6) is 0. The molecule has 0 aliphatic heterocycles. The first kappa shape index (κ1) is 10.6. The van der Waals surface area contributed by atoms with Crippen molar-refractivity contribution in [1.29, 1.82) is 0 Å². The molecule has 0 aromatic carbocycles. The van der Waals surface area contributed by atoms with Gasteiger partial charge in [-0.3, -0.25) is 0 Å². The fourth-order valence-electron chi connectivity index (χ4n) is 0. The Kier molecular flexibility index (Phi) is 24.1. The van der Waals surface area contributed by atoms with E-state index in [-0.39, 0.29) is 0 Å². The van der Waals surface area contributed by atoms with E-state index in [2.05, 4.69) is 13.1 Å². The lowest BCUT2D eigenvalue weighted by Gasteiger charge is -1.67. The van der Waals surface area contributed by atoms with Crippen molar-refractivity contribution in [2.75, 3.05) is 0 Å². The summed E-state index contributed by atoms with van der Waals surface area (Å²) in [6, 6.07) is 3.04. The molecule has 0 bridgehead atoms. The van der Waals surface area contributed by atoms with Crippen LogP contribution in [0.5, 0.6) is 0 Å². The van der Waals surface area contributed by atoms with Crippen molar-refractivity contribution >= 4 is 30.0 Å². The summed E-state index contributed by atoms with van der Waals surface area (Å²) in [4.78, 5) is 0. The highest BCUT2D eigenvalue weighted by atomic mass is 28.2. The zero-order chi connectivity index (χ0) is 6.12. The first-order chi connectivity index (χ1) is 3.33. The van der Waals surface area contributed by atoms with E-state index in [4.69, 9.17) is 0 Å². The minimum Gasteiger partial charge on any atom is -0.0750 e. The van der Waals surface area contributed by atoms with Crippen molar-refractivity contribution in [3.8, 4) is 0 Å². The first-order valence-corrected chi connectivity index (χ1v) is 8.99. The van der Waals surface area contributed by atoms with Gasteiger partial charge in [0.15, 0.2) is 0 Å². The van der Waals surface area contributed by atoms with Crippen molar-refractivity contribution in [2.24, 2.45) is 0 Å². The SMILES string of the molecule is C[SiH2]C.[SiH3]CC[SiH3]. The molecule has 0 atom stereocenters. The van der Waals surface area contributed by atoms with Crippen molar-refractivity contribution in [3.63, 3.8) is 0 Å². The van der Waals surface area contributed by atoms with E-state index in [1.54, 1.807) is 0 Å². The van der Waals surface area contributed by atoms with Gasteiger partial charge in [-0.15, -0.1) is 0 Å². The highest BCUT2D eigenvalue weighted by molar-refractivity contribution is 6.31. The zero-order valence-electron chi connectivity index (χ0n) is 6.12. The van der Waals surface area contributed by atoms with Crippen LogP contribution in [0.15, 0.2) is 0 Å². The minimum absolute atomic E-state index is 0.417. The summed E-state index contributed by atoms with van der Waals surface area (Å²) < 4.78 is 0. The Hall–Kier alpha value is 0.651. The molecule has 0 radical (unpaired) electrons. The maximum absolute atomic E-state index is 2.26. The minimum atomic E-state index is 0.417. The van der Waals surface area contributed by atoms with Crippen molar-refractivity contribution in [1.82, 2.24) is 0 Å². The van der Waals surface area contributed by atoms with Crippen LogP contribution in [0.1, 0.15) is 0 Å². The summed E-state index contributed by atoms with van der Waals surface area (Å²) in [6.45, 7) is 4.53. The molecule has 7 heavy (non-hydrogen) atoms. The maximum Gasteiger partial charge on any atom is 0.0135 e. The molecule has 0 aromatic rings. The van der Waals surface area contributed by atoms with Gasteiger partial charge in [0, 0.05) is 30.0 Å². The third-order valence-corrected chi connectivity index (χ3v) is 4.50. The molecule has 0 amide bonds. The van der Waals surface area contributed by atoms with Gasteiger partial charge in [0.25, 0.3) is 0 Å². The molecule has 0 rings (SSSR count). The van der Waals surface area contributed by atoms with Crippen LogP contribution in [0.4, 0.5) is 0 Å². The quantitative estimate of drug-likeness (QED) is 0.412. The Morgan fingerprint density at radius 3 is 1.29 bits per heavy atom. The standard InChI is InChI=1S/C2H10Si2.C2H8Si/c3-1-2-4;1-3-2/h1-2H2,3-4H3;3H2,1-2H3. The largest absolute Gasteiger partial charge is 0.0750 e. The van der Waals surface area contributed by atoms with Crippen LogP contribution < -0.4 is 0 Å². The highest BCUT2D eigenvalue weighted by Gasteiger charge is 1.57. The average Bonchev–Trinajstić information content (AvgIpc) is 1.69. The van der Waals surface area contributed by atoms with Crippen LogP contribution in [-0.2, 0) is 0 Å². The molecule has 3 heteroatoms. The third kappa shape index (κ3) is 52.8. The number of hydrogen-bond acceptors (Lipinski definition) is 0. The lowest BCUT2D eigenvalue weighted by molar-refractivity contribution is 1.46. The van der Waals surface area contributed by atoms with Crippen LogP contribution in [0.2, 0.25) is 25.2 Å². The molecular formula is C4H18Si3. The van der Waals surface area contributed by atoms with Gasteiger partial charge in [-0.1, -0.05) is 25.2 Å². The van der Waals surface area contributed by atoms with E-state index < -0.39 is 0 Å². The third-order valence-electron chi connectivity index (χ3n) is 0.500. The molecule has 0 fully saturated rings. The Morgan fingerprint density at radius 2 is 1.29 bits per heavy atom. The summed E-state index contributed by atoms with van der Waals surface area (Å²) in [5, 5.41) is 0. The number of rotatable bonds is 1. The average molecular weight is 150 g/mol. The second-order valence-corrected chi connectivity index (χ2v) is 5.12. The van der Waals surface area contributed by atoms with Crippen molar-refractivity contribution in [3.05, 3.63) is 0 Å². The van der Waals surface area contributed by atoms with E-state index in [0.29, 0.717) is 9.52 Å². The van der Waals surface area contributed by atoms with Crippen molar-refractivity contribution in [2.45, 2.75) is 25.2 Å². The molecule has 0 nitrogen and oxygen atoms in total. The van der Waals surface area contributed by atoms with E-state index in [0.717, 1.165) is 0 Å². The second-order valence-electron chi connectivity index (χ2n) is 1.71. The molecule has 0 aliphatic rings. The number of hydrogen-bond donors (Lipinski definition) is 0. The zero-order valence-corrected chi connectivity index (χ0v) is 11.5. The predicted molar refractivity (Wildman–Crippen MR) is 49.8 cm³/mol. The Morgan fingerprint density at radius 1 is 1.14 bits per heavy atom. The van der Waals surface area contributed by atoms with E-state index in [9.17, 15) is 0 Å². The molecule has 0 spiro atoms. The second kappa shape index (κ2) is 15.9. The fourth-order valence-corrected chi connectivity index (χ4v) is 0. The van der Waals surface area contributed by atoms with E-state index in [1.165, 1.54) is 32.6 Å². The van der Waals surface area contributed by atoms with Crippen LogP contribution in [-0.4, -0.2) is 30.0 Å². The predicted octanol–water partition coefficient (Wildman–Crippen LogP) is -1.19. The molecule has 0 aromatic heterocycles. The summed E-state index contributed by atoms with van der Waals surface area (Å²) in [6.07, 6.45) is 0. The summed E-state index contributed by atoms with van der Waals surface area (Å²) >= 11 is 0. The molecule has 0 saturated carbocycles. The molecule has 0 N–H and O–H groups in total. The molecular weight excluding hydrogens is 132 g/mol. The van der Waals surface area contributed by atoms with Crippen LogP contribution in [0.3, 0.4) is 0 Å². The summed E-state index contributed by atoms with van der Waals surface area (Å²) in [5.41, 5.74) is 0. The normalized spacial score (nSPS) is 7.71. The molecule has 46 valence electrons. The fraction of sp³-hybridized carbons (Fsp3) is 1.00. The van der Waals surface area contributed by atoms with Crippen LogP contribution in [0, 0.1) is 0 Å². The molecule has 0 heterocycles. The molecule has 0 saturated heterocycles. The Bertz CT molecular complexity index is 14.4. The van der Waals surface area contributed by atoms with E-state index >= 15 is 0 Å². The van der Waals surface area contributed by atoms with Gasteiger partial charge in [0.1, 0.15) is 0 Å². The van der Waals surface area contributed by atoms with Crippen LogP contribution in [0.25, 0.3) is 0 Å². The van der Waals surface area contributed by atoms with E-state index in [1.807, 2.05) is 0 Å². The Balaban J connectivity index is 0. The molecule has 0 unspecified atom stereocenters. The maximum atomic E-state index is 2.26. The van der Waals surface area contributed by atoms with Gasteiger partial charge in [0.2, 0.25) is 0 Å². The van der Waals surface area contributed by atoms with Gasteiger partial charge < -0.3 is 0 Å². The molecule has 0 aliphatic carbocycles. The van der Waals surface area contributed by atoms with Gasteiger partial charge in [0.05, 0.1) is 0 Å². The van der Waals surface area contributed by atoms with Crippen molar-refractivity contribution < 1.29 is 0 Å².